The summed E-state index contributed by atoms with van der Waals surface area (Å²) < 4.78 is 1.73. The summed E-state index contributed by atoms with van der Waals surface area (Å²) >= 11 is 0. The minimum Gasteiger partial charge on any atom is -0.350 e. The minimum absolute atomic E-state index is 0.147. The van der Waals surface area contributed by atoms with E-state index in [0.29, 0.717) is 24.7 Å². The van der Waals surface area contributed by atoms with Crippen molar-refractivity contribution < 1.29 is 4.79 Å². The van der Waals surface area contributed by atoms with Gasteiger partial charge in [-0.1, -0.05) is 78.0 Å². The standard InChI is InChI=1S/C27H29N5O/c33-27(28-17-21-13-15-31(16-14-21)18-22-7-2-1-3-8-22)26-20-32(30-29-26)19-24-11-6-10-23-9-4-5-12-25(23)24/h1-12,20-21H,13-19H2,(H,28,33). The minimum atomic E-state index is -0.147. The molecule has 0 spiro atoms. The van der Waals surface area contributed by atoms with Crippen LogP contribution in [0.3, 0.4) is 0 Å². The van der Waals surface area contributed by atoms with Crippen molar-refractivity contribution in [1.29, 1.82) is 0 Å². The second kappa shape index (κ2) is 9.96. The fourth-order valence-electron chi connectivity index (χ4n) is 4.60. The molecule has 0 unspecified atom stereocenters. The molecule has 1 fully saturated rings. The molecule has 2 heterocycles. The van der Waals surface area contributed by atoms with Gasteiger partial charge in [-0.2, -0.15) is 0 Å². The average Bonchev–Trinajstić information content (AvgIpc) is 3.33. The third-order valence-corrected chi connectivity index (χ3v) is 6.49. The zero-order valence-corrected chi connectivity index (χ0v) is 18.7. The SMILES string of the molecule is O=C(NCC1CCN(Cc2ccccc2)CC1)c1cn(Cc2cccc3ccccc23)nn1. The van der Waals surface area contributed by atoms with Crippen LogP contribution in [0.4, 0.5) is 0 Å². The summed E-state index contributed by atoms with van der Waals surface area (Å²) in [4.78, 5) is 15.1. The highest BCUT2D eigenvalue weighted by molar-refractivity contribution is 5.91. The molecular formula is C27H29N5O. The lowest BCUT2D eigenvalue weighted by atomic mass is 9.96. The molecule has 4 aromatic rings. The molecule has 1 N–H and O–H groups in total. The van der Waals surface area contributed by atoms with E-state index in [4.69, 9.17) is 0 Å². The molecule has 3 aromatic carbocycles. The lowest BCUT2D eigenvalue weighted by Gasteiger charge is -2.32. The first-order chi connectivity index (χ1) is 16.2. The Balaban J connectivity index is 1.11. The van der Waals surface area contributed by atoms with Crippen LogP contribution in [-0.4, -0.2) is 45.4 Å². The van der Waals surface area contributed by atoms with Crippen LogP contribution in [0.5, 0.6) is 0 Å². The quantitative estimate of drug-likeness (QED) is 0.471. The highest BCUT2D eigenvalue weighted by Gasteiger charge is 2.20. The van der Waals surface area contributed by atoms with Gasteiger partial charge in [-0.25, -0.2) is 4.68 Å². The molecule has 5 rings (SSSR count). The molecule has 0 atom stereocenters. The summed E-state index contributed by atoms with van der Waals surface area (Å²) in [5.41, 5.74) is 2.89. The van der Waals surface area contributed by atoms with Crippen LogP contribution < -0.4 is 5.32 Å². The number of benzene rings is 3. The second-order valence-electron chi connectivity index (χ2n) is 8.85. The Labute approximate surface area is 194 Å². The van der Waals surface area contributed by atoms with E-state index >= 15 is 0 Å². The third kappa shape index (κ3) is 5.29. The van der Waals surface area contributed by atoms with E-state index in [0.717, 1.165) is 38.0 Å². The number of hydrogen-bond acceptors (Lipinski definition) is 4. The van der Waals surface area contributed by atoms with Gasteiger partial charge in [-0.3, -0.25) is 9.69 Å². The number of likely N-dealkylation sites (tertiary alicyclic amines) is 1. The number of aromatic nitrogens is 3. The number of carbonyl (C=O) groups excluding carboxylic acids is 1. The maximum absolute atomic E-state index is 12.6. The van der Waals surface area contributed by atoms with Crippen molar-refractivity contribution in [2.45, 2.75) is 25.9 Å². The van der Waals surface area contributed by atoms with Crippen molar-refractivity contribution in [3.8, 4) is 0 Å². The number of fused-ring (bicyclic) bond motifs is 1. The Morgan fingerprint density at radius 3 is 2.52 bits per heavy atom. The first-order valence-corrected chi connectivity index (χ1v) is 11.7. The Morgan fingerprint density at radius 1 is 0.909 bits per heavy atom. The molecule has 0 radical (unpaired) electrons. The van der Waals surface area contributed by atoms with E-state index in [1.54, 1.807) is 10.9 Å². The van der Waals surface area contributed by atoms with Gasteiger partial charge in [0.1, 0.15) is 0 Å². The summed E-state index contributed by atoms with van der Waals surface area (Å²) in [7, 11) is 0. The topological polar surface area (TPSA) is 63.1 Å². The monoisotopic (exact) mass is 439 g/mol. The van der Waals surface area contributed by atoms with Crippen molar-refractivity contribution in [2.75, 3.05) is 19.6 Å². The van der Waals surface area contributed by atoms with Gasteiger partial charge in [-0.15, -0.1) is 5.10 Å². The zero-order chi connectivity index (χ0) is 22.5. The van der Waals surface area contributed by atoms with Crippen LogP contribution >= 0.6 is 0 Å². The zero-order valence-electron chi connectivity index (χ0n) is 18.7. The molecule has 1 saturated heterocycles. The van der Waals surface area contributed by atoms with Crippen LogP contribution in [0.15, 0.2) is 79.0 Å². The Hall–Kier alpha value is -3.51. The molecule has 0 bridgehead atoms. The highest BCUT2D eigenvalue weighted by atomic mass is 16.2. The molecule has 6 heteroatoms. The number of nitrogens with one attached hydrogen (secondary N) is 1. The Morgan fingerprint density at radius 2 is 1.67 bits per heavy atom. The first kappa shape index (κ1) is 21.3. The van der Waals surface area contributed by atoms with E-state index in [1.165, 1.54) is 16.3 Å². The molecule has 33 heavy (non-hydrogen) atoms. The maximum atomic E-state index is 12.6. The summed E-state index contributed by atoms with van der Waals surface area (Å²) in [6, 6.07) is 25.1. The van der Waals surface area contributed by atoms with Gasteiger partial charge in [-0.05, 0) is 53.7 Å². The molecule has 1 aromatic heterocycles. The Bertz CT molecular complexity index is 1210. The van der Waals surface area contributed by atoms with Gasteiger partial charge in [0.2, 0.25) is 0 Å². The summed E-state index contributed by atoms with van der Waals surface area (Å²) in [5.74, 6) is 0.359. The number of amides is 1. The smallest absolute Gasteiger partial charge is 0.273 e. The number of carbonyl (C=O) groups is 1. The van der Waals surface area contributed by atoms with Gasteiger partial charge >= 0.3 is 0 Å². The van der Waals surface area contributed by atoms with Gasteiger partial charge in [0.25, 0.3) is 5.91 Å². The predicted octanol–water partition coefficient (Wildman–Crippen LogP) is 4.12. The molecule has 168 valence electrons. The van der Waals surface area contributed by atoms with Crippen molar-refractivity contribution in [1.82, 2.24) is 25.2 Å². The van der Waals surface area contributed by atoms with Crippen LogP contribution in [0, 0.1) is 5.92 Å². The van der Waals surface area contributed by atoms with Crippen molar-refractivity contribution in [3.05, 3.63) is 95.8 Å². The van der Waals surface area contributed by atoms with E-state index in [1.807, 2.05) is 18.2 Å². The lowest BCUT2D eigenvalue weighted by molar-refractivity contribution is 0.0930. The van der Waals surface area contributed by atoms with Gasteiger partial charge in [0.15, 0.2) is 5.69 Å². The third-order valence-electron chi connectivity index (χ3n) is 6.49. The fourth-order valence-corrected chi connectivity index (χ4v) is 4.60. The normalized spacial score (nSPS) is 15.0. The largest absolute Gasteiger partial charge is 0.350 e. The van der Waals surface area contributed by atoms with Crippen LogP contribution in [0.2, 0.25) is 0 Å². The first-order valence-electron chi connectivity index (χ1n) is 11.7. The molecule has 0 saturated carbocycles. The Kier molecular flexibility index (Phi) is 6.44. The number of rotatable bonds is 7. The molecule has 1 amide bonds. The number of hydrogen-bond donors (Lipinski definition) is 1. The molecule has 1 aliphatic rings. The summed E-state index contributed by atoms with van der Waals surface area (Å²) in [5, 5.41) is 13.7. The number of nitrogens with zero attached hydrogens (tertiary/aromatic N) is 4. The van der Waals surface area contributed by atoms with Crippen LogP contribution in [-0.2, 0) is 13.1 Å². The van der Waals surface area contributed by atoms with Crippen molar-refractivity contribution in [3.63, 3.8) is 0 Å². The second-order valence-corrected chi connectivity index (χ2v) is 8.85. The lowest BCUT2D eigenvalue weighted by Crippen LogP contribution is -2.38. The summed E-state index contributed by atoms with van der Waals surface area (Å²) in [6.07, 6.45) is 3.93. The molecular weight excluding hydrogens is 410 g/mol. The maximum Gasteiger partial charge on any atom is 0.273 e. The van der Waals surface area contributed by atoms with E-state index in [-0.39, 0.29) is 5.91 Å². The summed E-state index contributed by atoms with van der Waals surface area (Å²) in [6.45, 7) is 4.41. The van der Waals surface area contributed by atoms with E-state index in [2.05, 4.69) is 75.1 Å². The van der Waals surface area contributed by atoms with E-state index < -0.39 is 0 Å². The average molecular weight is 440 g/mol. The van der Waals surface area contributed by atoms with Crippen LogP contribution in [0.1, 0.15) is 34.5 Å². The molecule has 0 aliphatic carbocycles. The molecule has 1 aliphatic heterocycles. The van der Waals surface area contributed by atoms with Crippen LogP contribution in [0.25, 0.3) is 10.8 Å². The van der Waals surface area contributed by atoms with Crippen molar-refractivity contribution in [2.24, 2.45) is 5.92 Å². The van der Waals surface area contributed by atoms with Crippen molar-refractivity contribution >= 4 is 16.7 Å². The van der Waals surface area contributed by atoms with E-state index in [9.17, 15) is 4.79 Å². The van der Waals surface area contributed by atoms with Gasteiger partial charge < -0.3 is 5.32 Å². The number of piperidine rings is 1. The highest BCUT2D eigenvalue weighted by Crippen LogP contribution is 2.20. The van der Waals surface area contributed by atoms with Gasteiger partial charge in [0.05, 0.1) is 12.7 Å². The fraction of sp³-hybridized carbons (Fsp3) is 0.296. The molecule has 6 nitrogen and oxygen atoms in total. The predicted molar refractivity (Wildman–Crippen MR) is 130 cm³/mol. The van der Waals surface area contributed by atoms with Gasteiger partial charge in [0, 0.05) is 13.1 Å².